The maximum atomic E-state index is 13.5. The summed E-state index contributed by atoms with van der Waals surface area (Å²) in [5.74, 6) is -4.36. The molecule has 164 valence electrons. The number of aromatic nitrogens is 1. The highest BCUT2D eigenvalue weighted by molar-refractivity contribution is 7.99. The van der Waals surface area contributed by atoms with E-state index in [9.17, 15) is 18.4 Å². The number of hydrogen-bond donors (Lipinski definition) is 1. The van der Waals surface area contributed by atoms with Crippen molar-refractivity contribution in [2.75, 3.05) is 13.1 Å². The van der Waals surface area contributed by atoms with Gasteiger partial charge in [-0.25, -0.2) is 13.8 Å². The van der Waals surface area contributed by atoms with Gasteiger partial charge in [0, 0.05) is 28.4 Å². The van der Waals surface area contributed by atoms with Crippen LogP contribution < -0.4 is 5.32 Å². The van der Waals surface area contributed by atoms with E-state index in [1.807, 2.05) is 12.1 Å². The monoisotopic (exact) mass is 464 g/mol. The Hall–Kier alpha value is -2.51. The Kier molecular flexibility index (Phi) is 7.28. The number of halogens is 2. The van der Waals surface area contributed by atoms with Crippen LogP contribution in [0.2, 0.25) is 0 Å². The molecule has 2 amide bonds. The zero-order valence-corrected chi connectivity index (χ0v) is 18.7. The van der Waals surface area contributed by atoms with E-state index in [0.717, 1.165) is 15.5 Å². The zero-order chi connectivity index (χ0) is 22.6. The molecule has 1 aliphatic heterocycles. The van der Waals surface area contributed by atoms with E-state index >= 15 is 0 Å². The van der Waals surface area contributed by atoms with Crippen LogP contribution in [0.15, 0.2) is 34.5 Å². The van der Waals surface area contributed by atoms with Crippen LogP contribution in [0.4, 0.5) is 8.78 Å². The van der Waals surface area contributed by atoms with Gasteiger partial charge in [0.15, 0.2) is 0 Å². The molecule has 1 aromatic carbocycles. The number of carbonyl (C=O) groups excluding carboxylic acids is 2. The Morgan fingerprint density at radius 3 is 2.74 bits per heavy atom. The molecule has 10 heteroatoms. The number of nitrogens with one attached hydrogen (secondary N) is 1. The van der Waals surface area contributed by atoms with Crippen LogP contribution >= 0.6 is 23.1 Å². The number of alkyl halides is 2. The predicted octanol–water partition coefficient (Wildman–Crippen LogP) is 3.72. The minimum absolute atomic E-state index is 0.170. The molecular formula is C21H22F2N4O2S2. The lowest BCUT2D eigenvalue weighted by Gasteiger charge is -2.19. The lowest BCUT2D eigenvalue weighted by atomic mass is 10.2. The number of thiazole rings is 1. The third kappa shape index (κ3) is 6.24. The lowest BCUT2D eigenvalue weighted by Crippen LogP contribution is -2.43. The van der Waals surface area contributed by atoms with Crippen LogP contribution in [0, 0.1) is 11.3 Å². The minimum atomic E-state index is -3.09. The van der Waals surface area contributed by atoms with E-state index in [-0.39, 0.29) is 5.69 Å². The van der Waals surface area contributed by atoms with Crippen molar-refractivity contribution < 1.29 is 18.4 Å². The number of benzene rings is 1. The molecule has 2 aromatic rings. The molecule has 1 N–H and O–H groups in total. The van der Waals surface area contributed by atoms with Gasteiger partial charge in [0.2, 0.25) is 5.91 Å². The highest BCUT2D eigenvalue weighted by Gasteiger charge is 2.47. The highest BCUT2D eigenvalue weighted by atomic mass is 32.2. The summed E-state index contributed by atoms with van der Waals surface area (Å²) in [6, 6.07) is 8.70. The first-order valence-electron chi connectivity index (χ1n) is 9.72. The van der Waals surface area contributed by atoms with Gasteiger partial charge in [0.25, 0.3) is 11.8 Å². The second-order valence-corrected chi connectivity index (χ2v) is 10.1. The van der Waals surface area contributed by atoms with E-state index in [2.05, 4.69) is 36.3 Å². The van der Waals surface area contributed by atoms with Crippen LogP contribution in [0.1, 0.15) is 41.3 Å². The molecule has 0 bridgehead atoms. The molecule has 3 rings (SSSR count). The number of likely N-dealkylation sites (tertiary alicyclic amines) is 1. The fourth-order valence-corrected chi connectivity index (χ4v) is 4.82. The van der Waals surface area contributed by atoms with E-state index in [0.29, 0.717) is 11.7 Å². The topological polar surface area (TPSA) is 86.1 Å². The van der Waals surface area contributed by atoms with Crippen LogP contribution in [0.25, 0.3) is 0 Å². The smallest absolute Gasteiger partial charge is 0.271 e. The first-order valence-corrected chi connectivity index (χ1v) is 11.5. The fourth-order valence-electron chi connectivity index (χ4n) is 3.17. The van der Waals surface area contributed by atoms with Gasteiger partial charge in [-0.2, -0.15) is 5.26 Å². The van der Waals surface area contributed by atoms with Crippen molar-refractivity contribution in [1.82, 2.24) is 15.2 Å². The summed E-state index contributed by atoms with van der Waals surface area (Å²) in [6.45, 7) is 3.00. The molecule has 1 fully saturated rings. The molecular weight excluding hydrogens is 442 g/mol. The van der Waals surface area contributed by atoms with Crippen molar-refractivity contribution in [1.29, 1.82) is 5.26 Å². The summed E-state index contributed by atoms with van der Waals surface area (Å²) < 4.78 is 26.9. The second-order valence-electron chi connectivity index (χ2n) is 7.52. The van der Waals surface area contributed by atoms with Crippen LogP contribution in [-0.4, -0.2) is 52.0 Å². The van der Waals surface area contributed by atoms with Crippen LogP contribution in [-0.2, 0) is 11.2 Å². The SMILES string of the molecule is CC(C)Sc1ccc(Cc2nc(C(=O)NCC(=O)N3CC(F)(F)C[C@H]3C#N)cs2)cc1. The third-order valence-corrected chi connectivity index (χ3v) is 6.44. The molecule has 0 radical (unpaired) electrons. The molecule has 1 saturated heterocycles. The maximum absolute atomic E-state index is 13.5. The van der Waals surface area contributed by atoms with Gasteiger partial charge >= 0.3 is 0 Å². The Morgan fingerprint density at radius 2 is 2.10 bits per heavy atom. The van der Waals surface area contributed by atoms with E-state index in [1.54, 1.807) is 23.2 Å². The molecule has 0 saturated carbocycles. The van der Waals surface area contributed by atoms with Crippen molar-refractivity contribution in [3.05, 3.63) is 45.9 Å². The Morgan fingerprint density at radius 1 is 1.39 bits per heavy atom. The number of nitrogens with zero attached hydrogens (tertiary/aromatic N) is 3. The van der Waals surface area contributed by atoms with Crippen molar-refractivity contribution in [2.45, 2.75) is 48.8 Å². The first kappa shape index (κ1) is 23.2. The Bertz CT molecular complexity index is 986. The molecule has 2 heterocycles. The third-order valence-electron chi connectivity index (χ3n) is 4.57. The number of hydrogen-bond acceptors (Lipinski definition) is 6. The summed E-state index contributed by atoms with van der Waals surface area (Å²) in [5.41, 5.74) is 1.24. The highest BCUT2D eigenvalue weighted by Crippen LogP contribution is 2.31. The fraction of sp³-hybridized carbons (Fsp3) is 0.429. The van der Waals surface area contributed by atoms with Gasteiger partial charge < -0.3 is 10.2 Å². The quantitative estimate of drug-likeness (QED) is 0.631. The van der Waals surface area contributed by atoms with Crippen molar-refractivity contribution in [3.8, 4) is 6.07 Å². The standard InChI is InChI=1S/C21H22F2N4O2S2/c1-13(2)31-16-5-3-14(4-6-16)7-18-26-17(11-30-18)20(29)25-10-19(28)27-12-21(22,23)8-15(27)9-24/h3-6,11,13,15H,7-8,10,12H2,1-2H3,(H,25,29)/t15-/m0/s1. The Balaban J connectivity index is 1.53. The maximum Gasteiger partial charge on any atom is 0.271 e. The lowest BCUT2D eigenvalue weighted by molar-refractivity contribution is -0.131. The average molecular weight is 465 g/mol. The summed E-state index contributed by atoms with van der Waals surface area (Å²) in [5, 5.41) is 14.2. The molecule has 0 spiro atoms. The van der Waals surface area contributed by atoms with Gasteiger partial charge in [-0.1, -0.05) is 26.0 Å². The molecule has 1 aliphatic rings. The van der Waals surface area contributed by atoms with Crippen molar-refractivity contribution in [2.24, 2.45) is 0 Å². The average Bonchev–Trinajstić information content (AvgIpc) is 3.30. The first-order chi connectivity index (χ1) is 14.7. The molecule has 1 aromatic heterocycles. The second kappa shape index (κ2) is 9.75. The Labute approximate surface area is 187 Å². The molecule has 31 heavy (non-hydrogen) atoms. The molecule has 0 unspecified atom stereocenters. The van der Waals surface area contributed by atoms with Gasteiger partial charge in [-0.05, 0) is 17.7 Å². The van der Waals surface area contributed by atoms with E-state index < -0.39 is 43.3 Å². The number of nitriles is 1. The van der Waals surface area contributed by atoms with Gasteiger partial charge in [-0.3, -0.25) is 9.59 Å². The normalized spacial score (nSPS) is 17.5. The molecule has 1 atom stereocenters. The van der Waals surface area contributed by atoms with E-state index in [4.69, 9.17) is 5.26 Å². The van der Waals surface area contributed by atoms with Crippen LogP contribution in [0.5, 0.6) is 0 Å². The number of amides is 2. The predicted molar refractivity (Wildman–Crippen MR) is 115 cm³/mol. The van der Waals surface area contributed by atoms with Gasteiger partial charge in [0.05, 0.1) is 24.2 Å². The molecule has 0 aliphatic carbocycles. The summed E-state index contributed by atoms with van der Waals surface area (Å²) in [7, 11) is 0. The number of thioether (sulfide) groups is 1. The van der Waals surface area contributed by atoms with Crippen molar-refractivity contribution >= 4 is 34.9 Å². The summed E-state index contributed by atoms with van der Waals surface area (Å²) >= 11 is 3.12. The zero-order valence-electron chi connectivity index (χ0n) is 17.1. The van der Waals surface area contributed by atoms with Gasteiger partial charge in [-0.15, -0.1) is 23.1 Å². The summed E-state index contributed by atoms with van der Waals surface area (Å²) in [4.78, 5) is 30.8. The number of rotatable bonds is 7. The van der Waals surface area contributed by atoms with Gasteiger partial charge in [0.1, 0.15) is 11.7 Å². The minimum Gasteiger partial charge on any atom is -0.342 e. The number of carbonyl (C=O) groups is 2. The summed E-state index contributed by atoms with van der Waals surface area (Å²) in [6.07, 6.45) is -0.105. The molecule has 6 nitrogen and oxygen atoms in total. The largest absolute Gasteiger partial charge is 0.342 e. The van der Waals surface area contributed by atoms with Crippen LogP contribution in [0.3, 0.4) is 0 Å². The van der Waals surface area contributed by atoms with E-state index in [1.165, 1.54) is 16.2 Å². The van der Waals surface area contributed by atoms with Crippen molar-refractivity contribution in [3.63, 3.8) is 0 Å².